The number of likely N-dealkylation sites (N-methyl/N-ethyl adjacent to an activating group) is 1. The first kappa shape index (κ1) is 19.9. The van der Waals surface area contributed by atoms with Crippen molar-refractivity contribution in [3.63, 3.8) is 0 Å². The van der Waals surface area contributed by atoms with Crippen LogP contribution < -0.4 is 15.4 Å². The van der Waals surface area contributed by atoms with Gasteiger partial charge >= 0.3 is 6.03 Å². The van der Waals surface area contributed by atoms with Crippen molar-refractivity contribution < 1.29 is 14.3 Å². The SMILES string of the molecule is CNC(=O)NC(=O)C(c1ccccc1)N(C)Cc1cc(Br)ccc1OC. The van der Waals surface area contributed by atoms with Gasteiger partial charge in [0.05, 0.1) is 7.11 Å². The van der Waals surface area contributed by atoms with Crippen LogP contribution in [0.25, 0.3) is 0 Å². The summed E-state index contributed by atoms with van der Waals surface area (Å²) in [5.41, 5.74) is 1.73. The van der Waals surface area contributed by atoms with Gasteiger partial charge in [-0.25, -0.2) is 4.79 Å². The second kappa shape index (κ2) is 9.35. The molecule has 2 N–H and O–H groups in total. The molecule has 6 nitrogen and oxygen atoms in total. The lowest BCUT2D eigenvalue weighted by molar-refractivity contribution is -0.125. The molecule has 0 saturated carbocycles. The van der Waals surface area contributed by atoms with Crippen LogP contribution in [0.4, 0.5) is 4.79 Å². The fourth-order valence-electron chi connectivity index (χ4n) is 2.71. The third-order valence-electron chi connectivity index (χ3n) is 3.93. The summed E-state index contributed by atoms with van der Waals surface area (Å²) in [6.45, 7) is 0.462. The van der Waals surface area contributed by atoms with Gasteiger partial charge in [-0.15, -0.1) is 0 Å². The zero-order valence-corrected chi connectivity index (χ0v) is 16.5. The maximum absolute atomic E-state index is 12.7. The predicted molar refractivity (Wildman–Crippen MR) is 104 cm³/mol. The van der Waals surface area contributed by atoms with Crippen LogP contribution in [0, 0.1) is 0 Å². The van der Waals surface area contributed by atoms with Gasteiger partial charge in [-0.05, 0) is 30.8 Å². The van der Waals surface area contributed by atoms with Gasteiger partial charge in [0.15, 0.2) is 0 Å². The van der Waals surface area contributed by atoms with E-state index in [1.807, 2.05) is 60.5 Å². The third-order valence-corrected chi connectivity index (χ3v) is 4.42. The van der Waals surface area contributed by atoms with E-state index in [2.05, 4.69) is 26.6 Å². The number of hydrogen-bond acceptors (Lipinski definition) is 4. The Labute approximate surface area is 161 Å². The van der Waals surface area contributed by atoms with E-state index < -0.39 is 18.0 Å². The Kier molecular flexibility index (Phi) is 7.17. The lowest BCUT2D eigenvalue weighted by Gasteiger charge is -2.28. The molecule has 0 aliphatic rings. The number of halogens is 1. The fraction of sp³-hybridized carbons (Fsp3) is 0.263. The molecule has 0 spiro atoms. The smallest absolute Gasteiger partial charge is 0.321 e. The minimum absolute atomic E-state index is 0.396. The molecule has 0 aliphatic carbocycles. The Morgan fingerprint density at radius 2 is 1.88 bits per heavy atom. The number of urea groups is 1. The monoisotopic (exact) mass is 419 g/mol. The van der Waals surface area contributed by atoms with E-state index in [0.717, 1.165) is 21.3 Å². The van der Waals surface area contributed by atoms with Gasteiger partial charge in [0.25, 0.3) is 0 Å². The van der Waals surface area contributed by atoms with Gasteiger partial charge in [0.1, 0.15) is 11.8 Å². The van der Waals surface area contributed by atoms with Crippen molar-refractivity contribution in [2.24, 2.45) is 0 Å². The summed E-state index contributed by atoms with van der Waals surface area (Å²) in [6.07, 6.45) is 0. The van der Waals surface area contributed by atoms with Crippen LogP contribution in [0.5, 0.6) is 5.75 Å². The van der Waals surface area contributed by atoms with E-state index in [1.165, 1.54) is 7.05 Å². The van der Waals surface area contributed by atoms with E-state index in [1.54, 1.807) is 7.11 Å². The van der Waals surface area contributed by atoms with Crippen molar-refractivity contribution in [2.45, 2.75) is 12.6 Å². The highest BCUT2D eigenvalue weighted by molar-refractivity contribution is 9.10. The Balaban J connectivity index is 2.31. The normalized spacial score (nSPS) is 11.7. The van der Waals surface area contributed by atoms with Crippen LogP contribution in [-0.2, 0) is 11.3 Å². The van der Waals surface area contributed by atoms with Crippen LogP contribution in [0.1, 0.15) is 17.2 Å². The molecule has 0 radical (unpaired) electrons. The lowest BCUT2D eigenvalue weighted by Crippen LogP contribution is -2.44. The molecule has 138 valence electrons. The molecule has 1 atom stereocenters. The number of imide groups is 1. The number of hydrogen-bond donors (Lipinski definition) is 2. The molecule has 0 fully saturated rings. The number of nitrogens with zero attached hydrogens (tertiary/aromatic N) is 1. The zero-order chi connectivity index (χ0) is 19.1. The Morgan fingerprint density at radius 3 is 2.50 bits per heavy atom. The minimum Gasteiger partial charge on any atom is -0.496 e. The number of benzene rings is 2. The van der Waals surface area contributed by atoms with Crippen molar-refractivity contribution in [2.75, 3.05) is 21.2 Å². The van der Waals surface area contributed by atoms with Crippen LogP contribution >= 0.6 is 15.9 Å². The summed E-state index contributed by atoms with van der Waals surface area (Å²) < 4.78 is 6.34. The average molecular weight is 420 g/mol. The van der Waals surface area contributed by atoms with Crippen molar-refractivity contribution in [1.29, 1.82) is 0 Å². The molecule has 26 heavy (non-hydrogen) atoms. The van der Waals surface area contributed by atoms with Gasteiger partial charge in [0.2, 0.25) is 5.91 Å². The minimum atomic E-state index is -0.628. The average Bonchev–Trinajstić information content (AvgIpc) is 2.62. The van der Waals surface area contributed by atoms with Gasteiger partial charge in [-0.3, -0.25) is 15.0 Å². The van der Waals surface area contributed by atoms with E-state index in [4.69, 9.17) is 4.74 Å². The second-order valence-electron chi connectivity index (χ2n) is 5.75. The first-order chi connectivity index (χ1) is 12.5. The van der Waals surface area contributed by atoms with Crippen LogP contribution in [0.15, 0.2) is 53.0 Å². The molecule has 2 aromatic carbocycles. The third kappa shape index (κ3) is 5.06. The summed E-state index contributed by atoms with van der Waals surface area (Å²) in [7, 11) is 4.91. The highest BCUT2D eigenvalue weighted by Gasteiger charge is 2.27. The summed E-state index contributed by atoms with van der Waals surface area (Å²) in [6, 6.07) is 13.9. The Hall–Kier alpha value is -2.38. The first-order valence-electron chi connectivity index (χ1n) is 8.06. The number of methoxy groups -OCH3 is 1. The molecule has 3 amide bonds. The summed E-state index contributed by atoms with van der Waals surface area (Å²) in [5, 5.41) is 4.76. The topological polar surface area (TPSA) is 70.7 Å². The first-order valence-corrected chi connectivity index (χ1v) is 8.85. The number of carbonyl (C=O) groups excluding carboxylic acids is 2. The Bertz CT molecular complexity index is 768. The van der Waals surface area contributed by atoms with Gasteiger partial charge in [-0.1, -0.05) is 46.3 Å². The molecule has 0 bridgehead atoms. The highest BCUT2D eigenvalue weighted by atomic mass is 79.9. The molecule has 0 aliphatic heterocycles. The largest absolute Gasteiger partial charge is 0.496 e. The molecular weight excluding hydrogens is 398 g/mol. The second-order valence-corrected chi connectivity index (χ2v) is 6.67. The van der Waals surface area contributed by atoms with Crippen molar-refractivity contribution >= 4 is 27.9 Å². The molecule has 2 rings (SSSR count). The van der Waals surface area contributed by atoms with Crippen molar-refractivity contribution in [1.82, 2.24) is 15.5 Å². The van der Waals surface area contributed by atoms with Crippen molar-refractivity contribution in [3.8, 4) is 5.75 Å². The number of ether oxygens (including phenoxy) is 1. The summed E-state index contributed by atoms with van der Waals surface area (Å²) in [5.74, 6) is 0.339. The van der Waals surface area contributed by atoms with Crippen LogP contribution in [0.2, 0.25) is 0 Å². The summed E-state index contributed by atoms with van der Waals surface area (Å²) in [4.78, 5) is 26.2. The van der Waals surface area contributed by atoms with Crippen LogP contribution in [-0.4, -0.2) is 38.0 Å². The predicted octanol–water partition coefficient (Wildman–Crippen LogP) is 3.09. The van der Waals surface area contributed by atoms with Gasteiger partial charge < -0.3 is 10.1 Å². The molecule has 0 aromatic heterocycles. The molecule has 2 aromatic rings. The number of nitrogens with one attached hydrogen (secondary N) is 2. The maximum Gasteiger partial charge on any atom is 0.321 e. The lowest BCUT2D eigenvalue weighted by atomic mass is 10.0. The summed E-state index contributed by atoms with van der Waals surface area (Å²) >= 11 is 3.46. The van der Waals surface area contributed by atoms with E-state index in [0.29, 0.717) is 6.54 Å². The maximum atomic E-state index is 12.7. The van der Waals surface area contributed by atoms with Gasteiger partial charge in [0, 0.05) is 23.6 Å². The van der Waals surface area contributed by atoms with Gasteiger partial charge in [-0.2, -0.15) is 0 Å². The Morgan fingerprint density at radius 1 is 1.19 bits per heavy atom. The molecular formula is C19H22BrN3O3. The fourth-order valence-corrected chi connectivity index (χ4v) is 3.12. The molecule has 1 unspecified atom stereocenters. The van der Waals surface area contributed by atoms with Crippen LogP contribution in [0.3, 0.4) is 0 Å². The number of amides is 3. The van der Waals surface area contributed by atoms with E-state index >= 15 is 0 Å². The molecule has 0 saturated heterocycles. The molecule has 0 heterocycles. The zero-order valence-electron chi connectivity index (χ0n) is 15.0. The van der Waals surface area contributed by atoms with E-state index in [-0.39, 0.29) is 0 Å². The highest BCUT2D eigenvalue weighted by Crippen LogP contribution is 2.27. The van der Waals surface area contributed by atoms with E-state index in [9.17, 15) is 9.59 Å². The number of carbonyl (C=O) groups is 2. The van der Waals surface area contributed by atoms with Crippen molar-refractivity contribution in [3.05, 3.63) is 64.1 Å². The molecule has 7 heteroatoms. The standard InChI is InChI=1S/C19H22BrN3O3/c1-21-19(25)22-18(24)17(13-7-5-4-6-8-13)23(2)12-14-11-15(20)9-10-16(14)26-3/h4-11,17H,12H2,1-3H3,(H2,21,22,24,25). The quantitative estimate of drug-likeness (QED) is 0.754. The number of rotatable bonds is 6.